The van der Waals surface area contributed by atoms with Crippen molar-refractivity contribution >= 4 is 23.4 Å². The molecule has 0 amide bonds. The normalized spacial score (nSPS) is 12.9. The summed E-state index contributed by atoms with van der Waals surface area (Å²) in [6.07, 6.45) is 0. The minimum absolute atomic E-state index is 0.160. The summed E-state index contributed by atoms with van der Waals surface area (Å²) in [5, 5.41) is 9.79. The Morgan fingerprint density at radius 3 is 2.71 bits per heavy atom. The first-order valence-electron chi connectivity index (χ1n) is 4.72. The standard InChI is InChI=1S/C11H15ClOS/c1-3-14-11-5-4-9(6-10(11)12)8(2)7-13/h4-6,8,13H,3,7H2,1-2H3. The van der Waals surface area contributed by atoms with Crippen molar-refractivity contribution in [3.63, 3.8) is 0 Å². The van der Waals surface area contributed by atoms with Crippen LogP contribution in [0.5, 0.6) is 0 Å². The fourth-order valence-electron chi connectivity index (χ4n) is 1.20. The highest BCUT2D eigenvalue weighted by atomic mass is 35.5. The Morgan fingerprint density at radius 1 is 1.50 bits per heavy atom. The molecular weight excluding hydrogens is 216 g/mol. The second kappa shape index (κ2) is 5.64. The summed E-state index contributed by atoms with van der Waals surface area (Å²) >= 11 is 7.84. The average Bonchev–Trinajstić information content (AvgIpc) is 2.20. The Labute approximate surface area is 94.5 Å². The minimum Gasteiger partial charge on any atom is -0.396 e. The number of hydrogen-bond acceptors (Lipinski definition) is 2. The fourth-order valence-corrected chi connectivity index (χ4v) is 2.23. The van der Waals surface area contributed by atoms with E-state index in [1.807, 2.05) is 25.1 Å². The molecule has 1 aromatic carbocycles. The van der Waals surface area contributed by atoms with Crippen molar-refractivity contribution in [2.75, 3.05) is 12.4 Å². The van der Waals surface area contributed by atoms with Crippen LogP contribution in [0.3, 0.4) is 0 Å². The number of benzene rings is 1. The predicted molar refractivity (Wildman–Crippen MR) is 63.4 cm³/mol. The molecule has 3 heteroatoms. The van der Waals surface area contributed by atoms with Gasteiger partial charge >= 0.3 is 0 Å². The summed E-state index contributed by atoms with van der Waals surface area (Å²) < 4.78 is 0. The fraction of sp³-hybridized carbons (Fsp3) is 0.455. The molecule has 0 aliphatic heterocycles. The second-order valence-corrected chi connectivity index (χ2v) is 4.92. The van der Waals surface area contributed by atoms with Gasteiger partial charge in [0.05, 0.1) is 5.02 Å². The summed E-state index contributed by atoms with van der Waals surface area (Å²) in [5.41, 5.74) is 1.10. The predicted octanol–water partition coefficient (Wildman–Crippen LogP) is 3.55. The molecule has 1 aromatic rings. The Bertz CT molecular complexity index is 301. The smallest absolute Gasteiger partial charge is 0.0544 e. The lowest BCUT2D eigenvalue weighted by Crippen LogP contribution is -1.98. The van der Waals surface area contributed by atoms with Crippen LogP contribution in [-0.2, 0) is 0 Å². The van der Waals surface area contributed by atoms with E-state index in [9.17, 15) is 0 Å². The molecule has 0 bridgehead atoms. The molecule has 1 N–H and O–H groups in total. The number of thioether (sulfide) groups is 1. The van der Waals surface area contributed by atoms with E-state index in [4.69, 9.17) is 16.7 Å². The zero-order chi connectivity index (χ0) is 10.6. The molecule has 0 saturated heterocycles. The van der Waals surface area contributed by atoms with Gasteiger partial charge in [0.2, 0.25) is 0 Å². The van der Waals surface area contributed by atoms with E-state index in [1.165, 1.54) is 0 Å². The monoisotopic (exact) mass is 230 g/mol. The number of rotatable bonds is 4. The quantitative estimate of drug-likeness (QED) is 0.799. The summed E-state index contributed by atoms with van der Waals surface area (Å²) in [6, 6.07) is 6.00. The summed E-state index contributed by atoms with van der Waals surface area (Å²) in [6.45, 7) is 4.25. The van der Waals surface area contributed by atoms with E-state index in [0.29, 0.717) is 0 Å². The molecule has 0 aliphatic rings. The lowest BCUT2D eigenvalue weighted by atomic mass is 10.0. The van der Waals surface area contributed by atoms with Crippen molar-refractivity contribution in [3.05, 3.63) is 28.8 Å². The number of halogens is 1. The van der Waals surface area contributed by atoms with Crippen LogP contribution in [0, 0.1) is 0 Å². The van der Waals surface area contributed by atoms with Crippen molar-refractivity contribution < 1.29 is 5.11 Å². The first-order chi connectivity index (χ1) is 6.69. The first kappa shape index (κ1) is 11.9. The highest BCUT2D eigenvalue weighted by molar-refractivity contribution is 7.99. The van der Waals surface area contributed by atoms with Gasteiger partial charge in [0.1, 0.15) is 0 Å². The van der Waals surface area contributed by atoms with Crippen LogP contribution < -0.4 is 0 Å². The SMILES string of the molecule is CCSc1ccc(C(C)CO)cc1Cl. The molecule has 0 aliphatic carbocycles. The third-order valence-electron chi connectivity index (χ3n) is 2.10. The van der Waals surface area contributed by atoms with E-state index < -0.39 is 0 Å². The maximum Gasteiger partial charge on any atom is 0.0544 e. The highest BCUT2D eigenvalue weighted by Crippen LogP contribution is 2.29. The summed E-state index contributed by atoms with van der Waals surface area (Å²) in [7, 11) is 0. The molecule has 0 radical (unpaired) electrons. The minimum atomic E-state index is 0.160. The molecule has 1 nitrogen and oxygen atoms in total. The van der Waals surface area contributed by atoms with Crippen molar-refractivity contribution in [2.24, 2.45) is 0 Å². The van der Waals surface area contributed by atoms with Gasteiger partial charge in [0, 0.05) is 17.4 Å². The van der Waals surface area contributed by atoms with Crippen molar-refractivity contribution in [3.8, 4) is 0 Å². The van der Waals surface area contributed by atoms with Crippen molar-refractivity contribution in [2.45, 2.75) is 24.7 Å². The average molecular weight is 231 g/mol. The first-order valence-corrected chi connectivity index (χ1v) is 6.08. The van der Waals surface area contributed by atoms with Gasteiger partial charge < -0.3 is 5.11 Å². The molecule has 0 aromatic heterocycles. The van der Waals surface area contributed by atoms with Crippen LogP contribution in [0.25, 0.3) is 0 Å². The van der Waals surface area contributed by atoms with Crippen LogP contribution in [0.2, 0.25) is 5.02 Å². The number of aliphatic hydroxyl groups excluding tert-OH is 1. The Morgan fingerprint density at radius 2 is 2.21 bits per heavy atom. The van der Waals surface area contributed by atoms with Crippen LogP contribution in [0.4, 0.5) is 0 Å². The molecule has 0 heterocycles. The lowest BCUT2D eigenvalue weighted by molar-refractivity contribution is 0.273. The van der Waals surface area contributed by atoms with Crippen molar-refractivity contribution in [1.82, 2.24) is 0 Å². The number of hydrogen-bond donors (Lipinski definition) is 1. The second-order valence-electron chi connectivity index (χ2n) is 3.21. The van der Waals surface area contributed by atoms with E-state index >= 15 is 0 Å². The molecule has 1 atom stereocenters. The molecule has 0 spiro atoms. The zero-order valence-electron chi connectivity index (χ0n) is 8.46. The summed E-state index contributed by atoms with van der Waals surface area (Å²) in [4.78, 5) is 1.11. The Kier molecular flexibility index (Phi) is 4.79. The molecular formula is C11H15ClOS. The Hall–Kier alpha value is -0.180. The van der Waals surface area contributed by atoms with E-state index in [-0.39, 0.29) is 12.5 Å². The zero-order valence-corrected chi connectivity index (χ0v) is 10.0. The van der Waals surface area contributed by atoms with Gasteiger partial charge in [0.15, 0.2) is 0 Å². The maximum absolute atomic E-state index is 9.00. The topological polar surface area (TPSA) is 20.2 Å². The molecule has 0 saturated carbocycles. The van der Waals surface area contributed by atoms with E-state index in [2.05, 4.69) is 6.92 Å². The maximum atomic E-state index is 9.00. The van der Waals surface area contributed by atoms with Gasteiger partial charge in [-0.1, -0.05) is 31.5 Å². The van der Waals surface area contributed by atoms with E-state index in [1.54, 1.807) is 11.8 Å². The van der Waals surface area contributed by atoms with Crippen LogP contribution in [-0.4, -0.2) is 17.5 Å². The molecule has 1 rings (SSSR count). The summed E-state index contributed by atoms with van der Waals surface area (Å²) in [5.74, 6) is 1.18. The molecule has 0 fully saturated rings. The molecule has 1 unspecified atom stereocenters. The Balaban J connectivity index is 2.88. The number of aliphatic hydroxyl groups is 1. The van der Waals surface area contributed by atoms with Gasteiger partial charge in [-0.2, -0.15) is 0 Å². The van der Waals surface area contributed by atoms with Crippen LogP contribution >= 0.6 is 23.4 Å². The molecule has 14 heavy (non-hydrogen) atoms. The van der Waals surface area contributed by atoms with Crippen LogP contribution in [0.1, 0.15) is 25.3 Å². The van der Waals surface area contributed by atoms with Gasteiger partial charge in [0.25, 0.3) is 0 Å². The largest absolute Gasteiger partial charge is 0.396 e. The van der Waals surface area contributed by atoms with Gasteiger partial charge in [-0.3, -0.25) is 0 Å². The third kappa shape index (κ3) is 2.91. The van der Waals surface area contributed by atoms with Gasteiger partial charge in [-0.25, -0.2) is 0 Å². The van der Waals surface area contributed by atoms with Gasteiger partial charge in [-0.15, -0.1) is 11.8 Å². The van der Waals surface area contributed by atoms with Crippen LogP contribution in [0.15, 0.2) is 23.1 Å². The van der Waals surface area contributed by atoms with Gasteiger partial charge in [-0.05, 0) is 23.4 Å². The third-order valence-corrected chi connectivity index (χ3v) is 3.48. The van der Waals surface area contributed by atoms with Crippen molar-refractivity contribution in [1.29, 1.82) is 0 Å². The molecule has 78 valence electrons. The lowest BCUT2D eigenvalue weighted by Gasteiger charge is -2.10. The van der Waals surface area contributed by atoms with E-state index in [0.717, 1.165) is 21.2 Å². The highest BCUT2D eigenvalue weighted by Gasteiger charge is 2.06.